The van der Waals surface area contributed by atoms with Gasteiger partial charge in [-0.1, -0.05) is 68.3 Å². The number of hydrogen-bond acceptors (Lipinski definition) is 2. The summed E-state index contributed by atoms with van der Waals surface area (Å²) in [5.41, 5.74) is 1.39. The van der Waals surface area contributed by atoms with Crippen LogP contribution in [0.25, 0.3) is 0 Å². The fourth-order valence-corrected chi connectivity index (χ4v) is 9.93. The van der Waals surface area contributed by atoms with Gasteiger partial charge in [0.15, 0.2) is 0 Å². The van der Waals surface area contributed by atoms with Gasteiger partial charge >= 0.3 is 0 Å². The van der Waals surface area contributed by atoms with E-state index < -0.39 is 21.0 Å². The van der Waals surface area contributed by atoms with Crippen molar-refractivity contribution in [2.24, 2.45) is 23.2 Å². The molecule has 0 aliphatic heterocycles. The van der Waals surface area contributed by atoms with Gasteiger partial charge in [-0.25, -0.2) is 0 Å². The molecule has 5 heteroatoms. The molecule has 1 N–H and O–H groups in total. The minimum absolute atomic E-state index is 0.0441. The minimum atomic E-state index is -3.95. The highest BCUT2D eigenvalue weighted by atomic mass is 32.2. The first-order valence-electron chi connectivity index (χ1n) is 13.3. The smallest absolute Gasteiger partial charge is 0.264 e. The van der Waals surface area contributed by atoms with E-state index in [-0.39, 0.29) is 11.2 Å². The van der Waals surface area contributed by atoms with Gasteiger partial charge in [-0.2, -0.15) is 19.3 Å². The Morgan fingerprint density at radius 2 is 1.50 bits per heavy atom. The molecule has 0 amide bonds. The molecule has 3 aromatic carbocycles. The van der Waals surface area contributed by atoms with Crippen molar-refractivity contribution in [2.45, 2.75) is 66.6 Å². The second kappa shape index (κ2) is 10.7. The van der Waals surface area contributed by atoms with E-state index in [0.717, 1.165) is 12.8 Å². The van der Waals surface area contributed by atoms with Crippen molar-refractivity contribution in [3.8, 4) is 0 Å². The zero-order valence-electron chi connectivity index (χ0n) is 21.1. The van der Waals surface area contributed by atoms with Crippen molar-refractivity contribution in [2.75, 3.05) is 5.75 Å². The van der Waals surface area contributed by atoms with E-state index in [2.05, 4.69) is 91.9 Å². The summed E-state index contributed by atoms with van der Waals surface area (Å²) < 4.78 is 32.8. The molecule has 3 aromatic rings. The molecule has 2 saturated carbocycles. The van der Waals surface area contributed by atoms with Crippen molar-refractivity contribution in [1.29, 1.82) is 0 Å². The molecule has 36 heavy (non-hydrogen) atoms. The molecule has 2 aliphatic carbocycles. The quantitative estimate of drug-likeness (QED) is 0.234. The Hall–Kier alpha value is -2.08. The Balaban J connectivity index is 1.48. The number of thiol groups is 1. The second-order valence-corrected chi connectivity index (χ2v) is 14.9. The summed E-state index contributed by atoms with van der Waals surface area (Å²) in [6, 6.07) is 30.7. The predicted molar refractivity (Wildman–Crippen MR) is 150 cm³/mol. The molecule has 4 atom stereocenters. The Morgan fingerprint density at radius 3 is 2.14 bits per heavy atom. The number of fused-ring (bicyclic) bond motifs is 2. The van der Waals surface area contributed by atoms with Crippen LogP contribution in [-0.4, -0.2) is 18.7 Å². The van der Waals surface area contributed by atoms with Crippen molar-refractivity contribution in [3.63, 3.8) is 0 Å². The zero-order chi connectivity index (χ0) is 25.2. The molecule has 0 aromatic heterocycles. The summed E-state index contributed by atoms with van der Waals surface area (Å²) >= 11 is 0. The van der Waals surface area contributed by atoms with Gasteiger partial charge in [0.2, 0.25) is 0 Å². The van der Waals surface area contributed by atoms with E-state index in [0.29, 0.717) is 24.2 Å². The third kappa shape index (κ3) is 5.74. The Labute approximate surface area is 219 Å². The summed E-state index contributed by atoms with van der Waals surface area (Å²) in [6.45, 7) is 2.40. The molecule has 192 valence electrons. The fraction of sp³-hybridized carbons (Fsp3) is 0.419. The highest BCUT2D eigenvalue weighted by Crippen LogP contribution is 2.56. The lowest BCUT2D eigenvalue weighted by Gasteiger charge is -2.53. The van der Waals surface area contributed by atoms with Crippen LogP contribution < -0.4 is 0 Å². The van der Waals surface area contributed by atoms with Crippen LogP contribution in [0.1, 0.15) is 51.0 Å². The topological polar surface area (TPSA) is 54.4 Å². The van der Waals surface area contributed by atoms with E-state index in [1.165, 1.54) is 45.9 Å². The Morgan fingerprint density at radius 1 is 0.861 bits per heavy atom. The van der Waals surface area contributed by atoms with Crippen molar-refractivity contribution in [1.82, 2.24) is 0 Å². The van der Waals surface area contributed by atoms with Gasteiger partial charge < -0.3 is 0 Å². The van der Waals surface area contributed by atoms with Crippen LogP contribution in [0.2, 0.25) is 0 Å². The number of rotatable bonds is 8. The maximum Gasteiger partial charge on any atom is 0.264 e. The molecule has 0 heterocycles. The molecule has 3 nitrogen and oxygen atoms in total. The first-order chi connectivity index (χ1) is 17.3. The summed E-state index contributed by atoms with van der Waals surface area (Å²) in [4.78, 5) is 4.05. The first kappa shape index (κ1) is 25.6. The van der Waals surface area contributed by atoms with Crippen LogP contribution >= 0.6 is 10.9 Å². The monoisotopic (exact) mass is 522 g/mol. The van der Waals surface area contributed by atoms with Gasteiger partial charge in [0.05, 0.1) is 5.75 Å². The van der Waals surface area contributed by atoms with Gasteiger partial charge in [0.25, 0.3) is 10.1 Å². The Bertz CT molecular complexity index is 1220. The molecule has 0 spiro atoms. The van der Waals surface area contributed by atoms with Crippen molar-refractivity contribution < 1.29 is 13.0 Å². The van der Waals surface area contributed by atoms with E-state index >= 15 is 0 Å². The van der Waals surface area contributed by atoms with Crippen molar-refractivity contribution >= 4 is 21.0 Å². The van der Waals surface area contributed by atoms with Gasteiger partial charge in [-0.15, -0.1) is 0 Å². The van der Waals surface area contributed by atoms with E-state index in [4.69, 9.17) is 0 Å². The molecule has 2 fully saturated rings. The lowest BCUT2D eigenvalue weighted by atomic mass is 9.52. The van der Waals surface area contributed by atoms with Gasteiger partial charge in [-0.3, -0.25) is 4.55 Å². The summed E-state index contributed by atoms with van der Waals surface area (Å²) in [7, 11) is -4.61. The molecule has 5 rings (SSSR count). The minimum Gasteiger partial charge on any atom is -0.286 e. The Kier molecular flexibility index (Phi) is 7.62. The third-order valence-corrected chi connectivity index (χ3v) is 11.9. The summed E-state index contributed by atoms with van der Waals surface area (Å²) in [6.07, 6.45) is 7.65. The maximum atomic E-state index is 11.6. The highest BCUT2D eigenvalue weighted by Gasteiger charge is 2.47. The fourth-order valence-electron chi connectivity index (χ4n) is 6.98. The lowest BCUT2D eigenvalue weighted by molar-refractivity contribution is -0.0203. The van der Waals surface area contributed by atoms with E-state index in [9.17, 15) is 13.0 Å². The van der Waals surface area contributed by atoms with Crippen LogP contribution in [0.5, 0.6) is 0 Å². The average Bonchev–Trinajstić information content (AvgIpc) is 2.87. The van der Waals surface area contributed by atoms with Crippen LogP contribution in [0.15, 0.2) is 99.6 Å². The largest absolute Gasteiger partial charge is 0.286 e. The average molecular weight is 523 g/mol. The number of benzene rings is 3. The SMILES string of the molecule is CC1(Cc2cccc([SH](c3ccccc3)c3ccccc3)c2)C2CCCC(C2)CC1CCS(=O)(=O)O. The molecule has 0 saturated heterocycles. The van der Waals surface area contributed by atoms with E-state index in [1.807, 2.05) is 0 Å². The van der Waals surface area contributed by atoms with Gasteiger partial charge in [-0.05, 0) is 112 Å². The molecule has 0 radical (unpaired) electrons. The van der Waals surface area contributed by atoms with Gasteiger partial charge in [0.1, 0.15) is 0 Å². The molecule has 4 unspecified atom stereocenters. The second-order valence-electron chi connectivity index (χ2n) is 11.1. The number of hydrogen-bond donors (Lipinski definition) is 2. The molecular weight excluding hydrogens is 484 g/mol. The molecule has 2 bridgehead atoms. The van der Waals surface area contributed by atoms with Crippen LogP contribution in [0.3, 0.4) is 0 Å². The van der Waals surface area contributed by atoms with Crippen LogP contribution in [-0.2, 0) is 16.5 Å². The zero-order valence-corrected chi connectivity index (χ0v) is 22.8. The third-order valence-electron chi connectivity index (χ3n) is 8.77. The van der Waals surface area contributed by atoms with E-state index in [1.54, 1.807) is 0 Å². The predicted octanol–water partition coefficient (Wildman–Crippen LogP) is 7.82. The normalized spacial score (nSPS) is 26.4. The first-order valence-corrected chi connectivity index (χ1v) is 16.2. The molecule has 2 aliphatic rings. The lowest BCUT2D eigenvalue weighted by Crippen LogP contribution is -2.46. The van der Waals surface area contributed by atoms with Crippen LogP contribution in [0, 0.1) is 23.2 Å². The standard InChI is InChI=1S/C31H38O3S2/c1-31(26-12-8-10-24(20-26)21-27(31)18-19-36(32,33)34)23-25-11-9-17-30(22-25)35(28-13-4-2-5-14-28)29-15-6-3-7-16-29/h2-7,9,11,13-17,22,24,26-27,35H,8,10,12,18-21,23H2,1H3,(H,32,33,34). The van der Waals surface area contributed by atoms with Crippen molar-refractivity contribution in [3.05, 3.63) is 90.5 Å². The van der Waals surface area contributed by atoms with Crippen LogP contribution in [0.4, 0.5) is 0 Å². The molecular formula is C31H38O3S2. The summed E-state index contributed by atoms with van der Waals surface area (Å²) in [5.74, 6) is 1.51. The van der Waals surface area contributed by atoms with Gasteiger partial charge in [0, 0.05) is 0 Å². The summed E-state index contributed by atoms with van der Waals surface area (Å²) in [5, 5.41) is 0. The highest BCUT2D eigenvalue weighted by molar-refractivity contribution is 8.17. The maximum absolute atomic E-state index is 11.6.